The summed E-state index contributed by atoms with van der Waals surface area (Å²) in [5.74, 6) is 1.43. The molecule has 0 aliphatic rings. The smallest absolute Gasteiger partial charge is 0.134 e. The molecule has 4 heteroatoms. The average molecular weight is 386 g/mol. The molecule has 1 N–H and O–H groups in total. The lowest BCUT2D eigenvalue weighted by Gasteiger charge is -2.15. The van der Waals surface area contributed by atoms with E-state index in [1.165, 1.54) is 0 Å². The Morgan fingerprint density at radius 3 is 2.21 bits per heavy atom. The summed E-state index contributed by atoms with van der Waals surface area (Å²) in [6.45, 7) is 3.71. The first kappa shape index (κ1) is 14.6. The van der Waals surface area contributed by atoms with E-state index in [2.05, 4.69) is 31.9 Å². The van der Waals surface area contributed by atoms with Gasteiger partial charge < -0.3 is 9.84 Å². The zero-order valence-electron chi connectivity index (χ0n) is 10.7. The first-order valence-electron chi connectivity index (χ1n) is 5.89. The number of ether oxygens (including phenoxy) is 1. The largest absolute Gasteiger partial charge is 0.457 e. The van der Waals surface area contributed by atoms with E-state index in [4.69, 9.17) is 4.74 Å². The zero-order valence-corrected chi connectivity index (χ0v) is 13.8. The Hall–Kier alpha value is -0.840. The monoisotopic (exact) mass is 384 g/mol. The van der Waals surface area contributed by atoms with Crippen molar-refractivity contribution in [1.82, 2.24) is 0 Å². The molecule has 0 spiro atoms. The molecule has 2 rings (SSSR count). The van der Waals surface area contributed by atoms with E-state index >= 15 is 0 Å². The Kier molecular flexibility index (Phi) is 4.66. The molecule has 0 radical (unpaired) electrons. The summed E-state index contributed by atoms with van der Waals surface area (Å²) < 4.78 is 7.82. The number of hydrogen-bond donors (Lipinski definition) is 1. The lowest BCUT2D eigenvalue weighted by atomic mass is 10.1. The number of benzene rings is 2. The van der Waals surface area contributed by atoms with E-state index in [-0.39, 0.29) is 0 Å². The molecule has 0 saturated heterocycles. The zero-order chi connectivity index (χ0) is 14.0. The van der Waals surface area contributed by atoms with Gasteiger partial charge >= 0.3 is 0 Å². The van der Waals surface area contributed by atoms with Crippen LogP contribution in [0.3, 0.4) is 0 Å². The van der Waals surface area contributed by atoms with Crippen molar-refractivity contribution in [2.75, 3.05) is 0 Å². The van der Waals surface area contributed by atoms with Gasteiger partial charge in [0.05, 0.1) is 6.10 Å². The normalized spacial score (nSPS) is 12.3. The fourth-order valence-corrected chi connectivity index (χ4v) is 2.42. The number of halogens is 2. The second-order valence-corrected chi connectivity index (χ2v) is 6.20. The van der Waals surface area contributed by atoms with Gasteiger partial charge in [-0.15, -0.1) is 0 Å². The number of aliphatic hydroxyl groups is 1. The standard InChI is InChI=1S/C15H14Br2O2/c1-9-3-4-11(16)7-14(9)19-15-8-12(17)5-6-13(15)10(2)18/h3-8,10,18H,1-2H3. The van der Waals surface area contributed by atoms with E-state index in [0.717, 1.165) is 25.8 Å². The van der Waals surface area contributed by atoms with E-state index in [1.807, 2.05) is 43.3 Å². The minimum absolute atomic E-state index is 0.574. The van der Waals surface area contributed by atoms with Crippen molar-refractivity contribution in [2.24, 2.45) is 0 Å². The molecule has 0 fully saturated rings. The molecule has 0 aromatic heterocycles. The van der Waals surface area contributed by atoms with Crippen LogP contribution < -0.4 is 4.74 Å². The SMILES string of the molecule is Cc1ccc(Br)cc1Oc1cc(Br)ccc1C(C)O. The van der Waals surface area contributed by atoms with Gasteiger partial charge in [-0.3, -0.25) is 0 Å². The molecule has 1 unspecified atom stereocenters. The molecule has 100 valence electrons. The predicted octanol–water partition coefficient (Wildman–Crippen LogP) is 5.37. The van der Waals surface area contributed by atoms with Crippen LogP contribution in [-0.4, -0.2) is 5.11 Å². The molecule has 0 aliphatic heterocycles. The molecular weight excluding hydrogens is 372 g/mol. The van der Waals surface area contributed by atoms with Crippen LogP contribution in [-0.2, 0) is 0 Å². The van der Waals surface area contributed by atoms with Gasteiger partial charge in [0, 0.05) is 14.5 Å². The molecule has 2 aromatic carbocycles. The molecule has 2 nitrogen and oxygen atoms in total. The second kappa shape index (κ2) is 6.07. The van der Waals surface area contributed by atoms with Gasteiger partial charge in [-0.2, -0.15) is 0 Å². The summed E-state index contributed by atoms with van der Waals surface area (Å²) in [5.41, 5.74) is 1.81. The molecule has 0 heterocycles. The summed E-state index contributed by atoms with van der Waals surface area (Å²) in [6.07, 6.45) is -0.574. The molecule has 2 aromatic rings. The third-order valence-corrected chi connectivity index (χ3v) is 3.78. The Bertz CT molecular complexity index is 595. The number of aliphatic hydroxyl groups excluding tert-OH is 1. The fraction of sp³-hybridized carbons (Fsp3) is 0.200. The summed E-state index contributed by atoms with van der Waals surface area (Å²) in [5, 5.41) is 9.79. The van der Waals surface area contributed by atoms with Crippen molar-refractivity contribution in [2.45, 2.75) is 20.0 Å². The average Bonchev–Trinajstić information content (AvgIpc) is 2.33. The summed E-state index contributed by atoms with van der Waals surface area (Å²) >= 11 is 6.85. The minimum atomic E-state index is -0.574. The Morgan fingerprint density at radius 1 is 1.00 bits per heavy atom. The van der Waals surface area contributed by atoms with Crippen LogP contribution in [0, 0.1) is 6.92 Å². The first-order valence-corrected chi connectivity index (χ1v) is 7.47. The first-order chi connectivity index (χ1) is 8.97. The van der Waals surface area contributed by atoms with Crippen LogP contribution in [0.1, 0.15) is 24.2 Å². The van der Waals surface area contributed by atoms with E-state index in [9.17, 15) is 5.11 Å². The molecular formula is C15H14Br2O2. The van der Waals surface area contributed by atoms with Gasteiger partial charge in [-0.05, 0) is 43.7 Å². The van der Waals surface area contributed by atoms with Crippen molar-refractivity contribution in [3.05, 3.63) is 56.5 Å². The maximum Gasteiger partial charge on any atom is 0.134 e. The summed E-state index contributed by atoms with van der Waals surface area (Å²) in [4.78, 5) is 0. The summed E-state index contributed by atoms with van der Waals surface area (Å²) in [7, 11) is 0. The summed E-state index contributed by atoms with van der Waals surface area (Å²) in [6, 6.07) is 11.5. The van der Waals surface area contributed by atoms with Gasteiger partial charge in [-0.25, -0.2) is 0 Å². The van der Waals surface area contributed by atoms with Gasteiger partial charge in [0.1, 0.15) is 11.5 Å². The van der Waals surface area contributed by atoms with Crippen LogP contribution in [0.2, 0.25) is 0 Å². The van der Waals surface area contributed by atoms with E-state index in [0.29, 0.717) is 5.75 Å². The maximum atomic E-state index is 9.79. The lowest BCUT2D eigenvalue weighted by Crippen LogP contribution is -1.97. The van der Waals surface area contributed by atoms with Gasteiger partial charge in [0.2, 0.25) is 0 Å². The topological polar surface area (TPSA) is 29.5 Å². The maximum absolute atomic E-state index is 9.79. The predicted molar refractivity (Wildman–Crippen MR) is 83.7 cm³/mol. The van der Waals surface area contributed by atoms with Crippen molar-refractivity contribution < 1.29 is 9.84 Å². The third-order valence-electron chi connectivity index (χ3n) is 2.80. The Morgan fingerprint density at radius 2 is 1.58 bits per heavy atom. The minimum Gasteiger partial charge on any atom is -0.457 e. The second-order valence-electron chi connectivity index (χ2n) is 4.37. The fourth-order valence-electron chi connectivity index (χ4n) is 1.74. The highest BCUT2D eigenvalue weighted by Gasteiger charge is 2.12. The highest BCUT2D eigenvalue weighted by atomic mass is 79.9. The van der Waals surface area contributed by atoms with Gasteiger partial charge in [0.25, 0.3) is 0 Å². The lowest BCUT2D eigenvalue weighted by molar-refractivity contribution is 0.195. The van der Waals surface area contributed by atoms with E-state index < -0.39 is 6.10 Å². The van der Waals surface area contributed by atoms with Crippen LogP contribution in [0.25, 0.3) is 0 Å². The quantitative estimate of drug-likeness (QED) is 0.769. The molecule has 0 bridgehead atoms. The molecule has 0 saturated carbocycles. The van der Waals surface area contributed by atoms with Crippen LogP contribution in [0.5, 0.6) is 11.5 Å². The molecule has 0 amide bonds. The van der Waals surface area contributed by atoms with E-state index in [1.54, 1.807) is 6.92 Å². The highest BCUT2D eigenvalue weighted by Crippen LogP contribution is 2.34. The number of rotatable bonds is 3. The molecule has 0 aliphatic carbocycles. The van der Waals surface area contributed by atoms with Crippen molar-refractivity contribution in [1.29, 1.82) is 0 Å². The van der Waals surface area contributed by atoms with Gasteiger partial charge in [0.15, 0.2) is 0 Å². The van der Waals surface area contributed by atoms with Crippen LogP contribution in [0.4, 0.5) is 0 Å². The van der Waals surface area contributed by atoms with Gasteiger partial charge in [-0.1, -0.05) is 44.0 Å². The Labute approximate surface area is 129 Å². The van der Waals surface area contributed by atoms with Crippen molar-refractivity contribution in [3.8, 4) is 11.5 Å². The molecule has 19 heavy (non-hydrogen) atoms. The van der Waals surface area contributed by atoms with Crippen molar-refractivity contribution in [3.63, 3.8) is 0 Å². The van der Waals surface area contributed by atoms with Crippen LogP contribution >= 0.6 is 31.9 Å². The number of aryl methyl sites for hydroxylation is 1. The third kappa shape index (κ3) is 3.59. The highest BCUT2D eigenvalue weighted by molar-refractivity contribution is 9.10. The number of hydrogen-bond acceptors (Lipinski definition) is 2. The van der Waals surface area contributed by atoms with Crippen LogP contribution in [0.15, 0.2) is 45.3 Å². The Balaban J connectivity index is 2.42. The van der Waals surface area contributed by atoms with Crippen molar-refractivity contribution >= 4 is 31.9 Å². The molecule has 1 atom stereocenters.